The van der Waals surface area contributed by atoms with Crippen LogP contribution in [-0.2, 0) is 9.53 Å². The van der Waals surface area contributed by atoms with Gasteiger partial charge in [-0.25, -0.2) is 4.79 Å². The number of hydrogen-bond donors (Lipinski definition) is 3. The van der Waals surface area contributed by atoms with Gasteiger partial charge < -0.3 is 15.4 Å². The van der Waals surface area contributed by atoms with E-state index < -0.39 is 17.6 Å². The van der Waals surface area contributed by atoms with E-state index in [0.29, 0.717) is 11.3 Å². The fourth-order valence-corrected chi connectivity index (χ4v) is 1.88. The summed E-state index contributed by atoms with van der Waals surface area (Å²) in [5.74, 6) is -0.680. The predicted octanol–water partition coefficient (Wildman–Crippen LogP) is 2.68. The van der Waals surface area contributed by atoms with E-state index in [1.54, 1.807) is 39.0 Å². The van der Waals surface area contributed by atoms with Crippen molar-refractivity contribution in [1.82, 2.24) is 10.6 Å². The first-order valence-electron chi connectivity index (χ1n) is 8.05. The van der Waals surface area contributed by atoms with Gasteiger partial charge >= 0.3 is 6.09 Å². The molecule has 0 unspecified atom stereocenters. The molecule has 0 saturated heterocycles. The largest absolute Gasteiger partial charge is 0.444 e. The molecule has 0 aromatic heterocycles. The van der Waals surface area contributed by atoms with Crippen molar-refractivity contribution in [3.63, 3.8) is 0 Å². The molecule has 0 spiro atoms. The lowest BCUT2D eigenvalue weighted by Crippen LogP contribution is -2.45. The highest BCUT2D eigenvalue weighted by atomic mass is 16.6. The lowest BCUT2D eigenvalue weighted by molar-refractivity contribution is -0.121. The van der Waals surface area contributed by atoms with Crippen LogP contribution in [0.25, 0.3) is 0 Å². The average Bonchev–Trinajstić information content (AvgIpc) is 2.41. The third kappa shape index (κ3) is 8.74. The normalized spacial score (nSPS) is 11.4. The van der Waals surface area contributed by atoms with Gasteiger partial charge in [-0.05, 0) is 59.7 Å². The van der Waals surface area contributed by atoms with Gasteiger partial charge in [-0.2, -0.15) is 0 Å². The van der Waals surface area contributed by atoms with E-state index >= 15 is 0 Å². The van der Waals surface area contributed by atoms with Crippen LogP contribution >= 0.6 is 0 Å². The van der Waals surface area contributed by atoms with Crippen LogP contribution in [0, 0.1) is 0 Å². The Hall–Kier alpha value is -2.57. The number of carbonyl (C=O) groups is 3. The summed E-state index contributed by atoms with van der Waals surface area (Å²) in [7, 11) is 0. The smallest absolute Gasteiger partial charge is 0.412 e. The molecule has 0 saturated carbocycles. The van der Waals surface area contributed by atoms with Crippen molar-refractivity contribution in [3.8, 4) is 0 Å². The Kier molecular flexibility index (Phi) is 6.55. The molecule has 0 aliphatic carbocycles. The van der Waals surface area contributed by atoms with Crippen molar-refractivity contribution < 1.29 is 19.1 Å². The second-order valence-electron chi connectivity index (χ2n) is 7.69. The van der Waals surface area contributed by atoms with E-state index in [9.17, 15) is 14.4 Å². The summed E-state index contributed by atoms with van der Waals surface area (Å²) in [4.78, 5) is 35.7. The molecular weight excluding hydrogens is 322 g/mol. The van der Waals surface area contributed by atoms with E-state index in [4.69, 9.17) is 4.74 Å². The van der Waals surface area contributed by atoms with Crippen LogP contribution in [0.2, 0.25) is 0 Å². The molecule has 3 amide bonds. The van der Waals surface area contributed by atoms with E-state index in [1.165, 1.54) is 6.07 Å². The van der Waals surface area contributed by atoms with Crippen molar-refractivity contribution in [1.29, 1.82) is 0 Å². The monoisotopic (exact) mass is 349 g/mol. The molecule has 7 nitrogen and oxygen atoms in total. The Morgan fingerprint density at radius 3 is 2.24 bits per heavy atom. The van der Waals surface area contributed by atoms with E-state index in [2.05, 4.69) is 16.0 Å². The lowest BCUT2D eigenvalue weighted by Gasteiger charge is -2.20. The van der Waals surface area contributed by atoms with Crippen molar-refractivity contribution in [3.05, 3.63) is 29.8 Å². The fourth-order valence-electron chi connectivity index (χ4n) is 1.88. The number of amides is 3. The summed E-state index contributed by atoms with van der Waals surface area (Å²) < 4.78 is 5.16. The minimum atomic E-state index is -0.612. The van der Waals surface area contributed by atoms with Gasteiger partial charge in [-0.15, -0.1) is 0 Å². The maximum Gasteiger partial charge on any atom is 0.412 e. The summed E-state index contributed by atoms with van der Waals surface area (Å²) in [6, 6.07) is 6.39. The van der Waals surface area contributed by atoms with Crippen LogP contribution < -0.4 is 16.0 Å². The van der Waals surface area contributed by atoms with Gasteiger partial charge in [0, 0.05) is 16.8 Å². The summed E-state index contributed by atoms with van der Waals surface area (Å²) in [6.45, 7) is 10.7. The van der Waals surface area contributed by atoms with Crippen LogP contribution in [0.5, 0.6) is 0 Å². The molecule has 0 aliphatic rings. The van der Waals surface area contributed by atoms with Gasteiger partial charge in [-0.3, -0.25) is 14.9 Å². The second-order valence-corrected chi connectivity index (χ2v) is 7.69. The molecule has 0 fully saturated rings. The van der Waals surface area contributed by atoms with Crippen LogP contribution in [0.15, 0.2) is 24.3 Å². The molecule has 0 radical (unpaired) electrons. The van der Waals surface area contributed by atoms with Crippen molar-refractivity contribution in [2.24, 2.45) is 0 Å². The average molecular weight is 349 g/mol. The number of nitrogens with one attached hydrogen (secondary N) is 3. The minimum Gasteiger partial charge on any atom is -0.444 e. The first-order valence-corrected chi connectivity index (χ1v) is 8.05. The fraction of sp³-hybridized carbons (Fsp3) is 0.500. The number of benzene rings is 1. The zero-order valence-corrected chi connectivity index (χ0v) is 15.6. The maximum absolute atomic E-state index is 12.1. The highest BCUT2D eigenvalue weighted by Crippen LogP contribution is 2.13. The number of carbonyl (C=O) groups excluding carboxylic acids is 3. The quantitative estimate of drug-likeness (QED) is 0.778. The molecule has 1 aromatic carbocycles. The highest BCUT2D eigenvalue weighted by molar-refractivity contribution is 5.98. The third-order valence-corrected chi connectivity index (χ3v) is 2.69. The van der Waals surface area contributed by atoms with E-state index in [-0.39, 0.29) is 18.0 Å². The second kappa shape index (κ2) is 8.00. The molecule has 7 heteroatoms. The summed E-state index contributed by atoms with van der Waals surface area (Å²) in [5, 5.41) is 7.87. The van der Waals surface area contributed by atoms with Crippen molar-refractivity contribution in [2.75, 3.05) is 11.9 Å². The number of rotatable bonds is 4. The molecule has 25 heavy (non-hydrogen) atoms. The van der Waals surface area contributed by atoms with Gasteiger partial charge in [0.15, 0.2) is 0 Å². The number of hydrogen-bond acceptors (Lipinski definition) is 4. The SMILES string of the molecule is CC(C)(C)NC(=O)CNC(=O)c1cccc(NC(=O)OC(C)(C)C)c1. The molecule has 0 bridgehead atoms. The predicted molar refractivity (Wildman–Crippen MR) is 96.5 cm³/mol. The van der Waals surface area contributed by atoms with Gasteiger partial charge in [0.2, 0.25) is 5.91 Å². The van der Waals surface area contributed by atoms with Crippen molar-refractivity contribution >= 4 is 23.6 Å². The molecule has 1 rings (SSSR count). The Balaban J connectivity index is 2.63. The zero-order valence-electron chi connectivity index (χ0n) is 15.6. The number of anilines is 1. The minimum absolute atomic E-state index is 0.125. The first kappa shape index (κ1) is 20.5. The van der Waals surface area contributed by atoms with Gasteiger partial charge in [0.05, 0.1) is 6.54 Å². The summed E-state index contributed by atoms with van der Waals surface area (Å²) in [6.07, 6.45) is -0.602. The van der Waals surface area contributed by atoms with Crippen molar-refractivity contribution in [2.45, 2.75) is 52.7 Å². The standard InChI is InChI=1S/C18H27N3O4/c1-17(2,3)21-14(22)11-19-15(23)12-8-7-9-13(10-12)20-16(24)25-18(4,5)6/h7-10H,11H2,1-6H3,(H,19,23)(H,20,24)(H,21,22). The molecule has 0 aliphatic heterocycles. The summed E-state index contributed by atoms with van der Waals surface area (Å²) >= 11 is 0. The van der Waals surface area contributed by atoms with Crippen LogP contribution in [0.1, 0.15) is 51.9 Å². The lowest BCUT2D eigenvalue weighted by atomic mass is 10.1. The molecule has 3 N–H and O–H groups in total. The first-order chi connectivity index (χ1) is 11.4. The molecule has 0 atom stereocenters. The van der Waals surface area contributed by atoms with E-state index in [1.807, 2.05) is 20.8 Å². The zero-order chi connectivity index (χ0) is 19.3. The maximum atomic E-state index is 12.1. The third-order valence-electron chi connectivity index (χ3n) is 2.69. The molecule has 1 aromatic rings. The Bertz CT molecular complexity index is 642. The van der Waals surface area contributed by atoms with E-state index in [0.717, 1.165) is 0 Å². The van der Waals surface area contributed by atoms with Crippen LogP contribution in [0.3, 0.4) is 0 Å². The van der Waals surface area contributed by atoms with Crippen LogP contribution in [0.4, 0.5) is 10.5 Å². The molecular formula is C18H27N3O4. The number of ether oxygens (including phenoxy) is 1. The molecule has 0 heterocycles. The molecule has 138 valence electrons. The summed E-state index contributed by atoms with van der Waals surface area (Å²) in [5.41, 5.74) is -0.211. The Labute approximate surface area is 148 Å². The van der Waals surface area contributed by atoms with Gasteiger partial charge in [-0.1, -0.05) is 6.07 Å². The Morgan fingerprint density at radius 2 is 1.68 bits per heavy atom. The van der Waals surface area contributed by atoms with Gasteiger partial charge in [0.25, 0.3) is 5.91 Å². The highest BCUT2D eigenvalue weighted by Gasteiger charge is 2.17. The Morgan fingerprint density at radius 1 is 1.04 bits per heavy atom. The van der Waals surface area contributed by atoms with Gasteiger partial charge in [0.1, 0.15) is 5.60 Å². The topological polar surface area (TPSA) is 96.5 Å². The van der Waals surface area contributed by atoms with Crippen LogP contribution in [-0.4, -0.2) is 35.6 Å².